The van der Waals surface area contributed by atoms with Crippen molar-refractivity contribution in [2.75, 3.05) is 12.4 Å². The summed E-state index contributed by atoms with van der Waals surface area (Å²) >= 11 is 5.51. The van der Waals surface area contributed by atoms with Gasteiger partial charge < -0.3 is 15.4 Å². The van der Waals surface area contributed by atoms with Crippen LogP contribution in [-0.2, 0) is 5.54 Å². The predicted octanol–water partition coefficient (Wildman–Crippen LogP) is 3.24. The molecular weight excluding hydrogens is 308 g/mol. The number of rotatable bonds is 4. The second-order valence-electron chi connectivity index (χ2n) is 5.69. The summed E-state index contributed by atoms with van der Waals surface area (Å²) < 4.78 is 5.06. The number of aromatic nitrogens is 2. The highest BCUT2D eigenvalue weighted by molar-refractivity contribution is 7.80. The Hall–Kier alpha value is -2.21. The van der Waals surface area contributed by atoms with Gasteiger partial charge in [0.15, 0.2) is 5.11 Å². The molecule has 0 saturated heterocycles. The van der Waals surface area contributed by atoms with Gasteiger partial charge in [0.2, 0.25) is 5.88 Å². The lowest BCUT2D eigenvalue weighted by atomic mass is 9.89. The maximum absolute atomic E-state index is 5.51. The molecule has 0 amide bonds. The van der Waals surface area contributed by atoms with Crippen LogP contribution < -0.4 is 15.4 Å². The molecule has 0 spiro atoms. The molecule has 2 heterocycles. The fourth-order valence-corrected chi connectivity index (χ4v) is 3.40. The molecule has 23 heavy (non-hydrogen) atoms. The molecule has 5 nitrogen and oxygen atoms in total. The highest BCUT2D eigenvalue weighted by Gasteiger charge is 2.36. The highest BCUT2D eigenvalue weighted by atomic mass is 32.1. The summed E-state index contributed by atoms with van der Waals surface area (Å²) in [7, 11) is 1.60. The van der Waals surface area contributed by atoms with Gasteiger partial charge in [-0.05, 0) is 48.8 Å². The third-order valence-corrected chi connectivity index (χ3v) is 4.45. The molecule has 6 heteroatoms. The summed E-state index contributed by atoms with van der Waals surface area (Å²) in [5.41, 5.74) is 1.97. The molecule has 1 aliphatic carbocycles. The van der Waals surface area contributed by atoms with E-state index in [4.69, 9.17) is 17.0 Å². The largest absolute Gasteiger partial charge is 0.481 e. The lowest BCUT2D eigenvalue weighted by Crippen LogP contribution is -2.45. The minimum Gasteiger partial charge on any atom is -0.481 e. The molecule has 2 aromatic rings. The molecule has 0 atom stereocenters. The van der Waals surface area contributed by atoms with E-state index in [2.05, 4.69) is 32.7 Å². The predicted molar refractivity (Wildman–Crippen MR) is 94.5 cm³/mol. The number of methoxy groups -OCH3 is 1. The number of hydrogen-bond donors (Lipinski definition) is 2. The first-order valence-electron chi connectivity index (χ1n) is 7.72. The molecule has 0 aliphatic heterocycles. The number of hydrogen-bond acceptors (Lipinski definition) is 4. The molecule has 2 N–H and O–H groups in total. The third-order valence-electron chi connectivity index (χ3n) is 4.25. The zero-order chi connectivity index (χ0) is 16.1. The molecule has 2 aromatic heterocycles. The van der Waals surface area contributed by atoms with Gasteiger partial charge in [0.05, 0.1) is 24.5 Å². The number of pyridine rings is 2. The lowest BCUT2D eigenvalue weighted by Gasteiger charge is -2.32. The second kappa shape index (κ2) is 6.91. The van der Waals surface area contributed by atoms with Gasteiger partial charge in [-0.3, -0.25) is 4.98 Å². The van der Waals surface area contributed by atoms with Gasteiger partial charge in [-0.2, -0.15) is 0 Å². The van der Waals surface area contributed by atoms with E-state index < -0.39 is 0 Å². The maximum atomic E-state index is 5.51. The smallest absolute Gasteiger partial charge is 0.213 e. The Morgan fingerprint density at radius 1 is 1.17 bits per heavy atom. The van der Waals surface area contributed by atoms with Gasteiger partial charge in [-0.15, -0.1) is 0 Å². The van der Waals surface area contributed by atoms with Crippen LogP contribution in [0.25, 0.3) is 0 Å². The molecule has 120 valence electrons. The van der Waals surface area contributed by atoms with Crippen molar-refractivity contribution in [3.05, 3.63) is 48.4 Å². The van der Waals surface area contributed by atoms with Gasteiger partial charge in [0, 0.05) is 18.5 Å². The van der Waals surface area contributed by atoms with Crippen LogP contribution >= 0.6 is 12.2 Å². The molecule has 1 aliphatic rings. The number of nitrogens with one attached hydrogen (secondary N) is 2. The van der Waals surface area contributed by atoms with Gasteiger partial charge in [-0.1, -0.05) is 12.8 Å². The molecule has 0 aromatic carbocycles. The Bertz CT molecular complexity index is 654. The van der Waals surface area contributed by atoms with Crippen molar-refractivity contribution < 1.29 is 4.74 Å². The van der Waals surface area contributed by atoms with Crippen molar-refractivity contribution in [3.63, 3.8) is 0 Å². The van der Waals surface area contributed by atoms with Gasteiger partial charge in [-0.25, -0.2) is 4.98 Å². The van der Waals surface area contributed by atoms with E-state index in [1.54, 1.807) is 19.4 Å². The van der Waals surface area contributed by atoms with Crippen molar-refractivity contribution in [1.29, 1.82) is 0 Å². The topological polar surface area (TPSA) is 59.1 Å². The van der Waals surface area contributed by atoms with Crippen LogP contribution in [0.5, 0.6) is 5.88 Å². The Balaban J connectivity index is 1.71. The summed E-state index contributed by atoms with van der Waals surface area (Å²) in [5.74, 6) is 0.582. The lowest BCUT2D eigenvalue weighted by molar-refractivity contribution is 0.398. The van der Waals surface area contributed by atoms with Crippen LogP contribution in [0.2, 0.25) is 0 Å². The van der Waals surface area contributed by atoms with Crippen molar-refractivity contribution in [1.82, 2.24) is 15.3 Å². The van der Waals surface area contributed by atoms with E-state index in [-0.39, 0.29) is 5.54 Å². The zero-order valence-corrected chi connectivity index (χ0v) is 13.9. The van der Waals surface area contributed by atoms with Crippen LogP contribution in [0.3, 0.4) is 0 Å². The van der Waals surface area contributed by atoms with E-state index in [1.165, 1.54) is 18.4 Å². The molecule has 0 unspecified atom stereocenters. The van der Waals surface area contributed by atoms with Gasteiger partial charge in [0.1, 0.15) is 0 Å². The van der Waals surface area contributed by atoms with E-state index >= 15 is 0 Å². The number of anilines is 1. The quantitative estimate of drug-likeness (QED) is 0.840. The zero-order valence-electron chi connectivity index (χ0n) is 13.1. The average Bonchev–Trinajstić information content (AvgIpc) is 3.06. The standard InChI is InChI=1S/C17H20N4OS/c1-22-15-5-4-14(12-19-15)20-16(23)21-17(8-2-3-9-17)13-6-10-18-11-7-13/h4-7,10-12H,2-3,8-9H2,1H3,(H2,20,21,23). The number of thiocarbonyl (C=S) groups is 1. The molecule has 1 fully saturated rings. The first-order valence-corrected chi connectivity index (χ1v) is 8.12. The normalized spacial score (nSPS) is 15.9. The molecule has 0 radical (unpaired) electrons. The summed E-state index contributed by atoms with van der Waals surface area (Å²) in [6, 6.07) is 7.83. The summed E-state index contributed by atoms with van der Waals surface area (Å²) in [4.78, 5) is 8.29. The fraction of sp³-hybridized carbons (Fsp3) is 0.353. The van der Waals surface area contributed by atoms with Crippen molar-refractivity contribution in [2.45, 2.75) is 31.2 Å². The first kappa shape index (κ1) is 15.7. The summed E-state index contributed by atoms with van der Waals surface area (Å²) in [5, 5.41) is 7.33. The minimum atomic E-state index is -0.104. The molecule has 3 rings (SSSR count). The maximum Gasteiger partial charge on any atom is 0.213 e. The summed E-state index contributed by atoms with van der Waals surface area (Å²) in [6.45, 7) is 0. The number of nitrogens with zero attached hydrogens (tertiary/aromatic N) is 2. The van der Waals surface area contributed by atoms with Crippen molar-refractivity contribution in [3.8, 4) is 5.88 Å². The van der Waals surface area contributed by atoms with Gasteiger partial charge in [0.25, 0.3) is 0 Å². The van der Waals surface area contributed by atoms with Crippen LogP contribution in [0.1, 0.15) is 31.2 Å². The van der Waals surface area contributed by atoms with E-state index in [0.717, 1.165) is 18.5 Å². The van der Waals surface area contributed by atoms with E-state index in [0.29, 0.717) is 11.0 Å². The average molecular weight is 328 g/mol. The number of ether oxygens (including phenoxy) is 1. The molecular formula is C17H20N4OS. The SMILES string of the molecule is COc1ccc(NC(=S)NC2(c3ccncc3)CCCC2)cn1. The first-order chi connectivity index (χ1) is 11.2. The Morgan fingerprint density at radius 3 is 2.52 bits per heavy atom. The highest BCUT2D eigenvalue weighted by Crippen LogP contribution is 2.38. The fourth-order valence-electron chi connectivity index (χ4n) is 3.09. The van der Waals surface area contributed by atoms with E-state index in [1.807, 2.05) is 18.5 Å². The third kappa shape index (κ3) is 3.59. The minimum absolute atomic E-state index is 0.104. The molecule has 1 saturated carbocycles. The Morgan fingerprint density at radius 2 is 1.91 bits per heavy atom. The Kier molecular flexibility index (Phi) is 4.71. The monoisotopic (exact) mass is 328 g/mol. The van der Waals surface area contributed by atoms with Crippen molar-refractivity contribution >= 4 is 23.0 Å². The van der Waals surface area contributed by atoms with E-state index in [9.17, 15) is 0 Å². The summed E-state index contributed by atoms with van der Waals surface area (Å²) in [6.07, 6.45) is 9.91. The van der Waals surface area contributed by atoms with Crippen LogP contribution in [-0.4, -0.2) is 22.2 Å². The van der Waals surface area contributed by atoms with Crippen LogP contribution in [0.15, 0.2) is 42.9 Å². The second-order valence-corrected chi connectivity index (χ2v) is 6.10. The van der Waals surface area contributed by atoms with Crippen LogP contribution in [0, 0.1) is 0 Å². The van der Waals surface area contributed by atoms with Crippen molar-refractivity contribution in [2.24, 2.45) is 0 Å². The molecule has 0 bridgehead atoms. The van der Waals surface area contributed by atoms with Crippen LogP contribution in [0.4, 0.5) is 5.69 Å². The van der Waals surface area contributed by atoms with Gasteiger partial charge >= 0.3 is 0 Å². The Labute approximate surface area is 141 Å².